The topological polar surface area (TPSA) is 6.48 Å². The van der Waals surface area contributed by atoms with Crippen LogP contribution in [0.1, 0.15) is 45.9 Å². The molecule has 2 atom stereocenters. The summed E-state index contributed by atoms with van der Waals surface area (Å²) in [4.78, 5) is 7.87. The normalized spacial score (nSPS) is 17.4. The Balaban J connectivity index is 1.13. The quantitative estimate of drug-likeness (QED) is 0.155. The van der Waals surface area contributed by atoms with Crippen molar-refractivity contribution in [3.8, 4) is 0 Å². The highest BCUT2D eigenvalue weighted by atomic mass is 32.2. The average molecular weight is 781 g/mol. The molecule has 2 heterocycles. The van der Waals surface area contributed by atoms with Crippen molar-refractivity contribution in [2.45, 2.75) is 41.7 Å². The van der Waals surface area contributed by atoms with Crippen LogP contribution in [0, 0.1) is 0 Å². The minimum absolute atomic E-state index is 0.391. The molecule has 1 aliphatic heterocycles. The molecule has 4 heteroatoms. The summed E-state index contributed by atoms with van der Waals surface area (Å²) in [5, 5.41) is 6.96. The predicted octanol–water partition coefficient (Wildman–Crippen LogP) is 15.7. The van der Waals surface area contributed by atoms with E-state index in [1.54, 1.807) is 0 Å². The number of rotatable bonds is 6. The van der Waals surface area contributed by atoms with Gasteiger partial charge >= 0.3 is 0 Å². The summed E-state index contributed by atoms with van der Waals surface area (Å²) >= 11 is 3.95. The number of fused-ring (bicyclic) bond motifs is 11. The molecule has 0 fully saturated rings. The fourth-order valence-corrected chi connectivity index (χ4v) is 12.6. The average Bonchev–Trinajstić information content (AvgIpc) is 3.87. The van der Waals surface area contributed by atoms with Gasteiger partial charge in [-0.25, -0.2) is 0 Å². The second-order valence-corrected chi connectivity index (χ2v) is 18.0. The van der Waals surface area contributed by atoms with Crippen LogP contribution < -0.4 is 9.80 Å². The summed E-state index contributed by atoms with van der Waals surface area (Å²) in [6, 6.07) is 50.0. The largest absolute Gasteiger partial charge is 0.309 e. The summed E-state index contributed by atoms with van der Waals surface area (Å²) in [6.45, 7) is 0. The van der Waals surface area contributed by atoms with Gasteiger partial charge in [0.15, 0.2) is 0 Å². The van der Waals surface area contributed by atoms with Crippen LogP contribution in [0.4, 0.5) is 34.1 Å². The Labute approximate surface area is 347 Å². The maximum absolute atomic E-state index is 2.55. The zero-order chi connectivity index (χ0) is 38.2. The number of aryl methyl sites for hydroxylation is 2. The number of thiophene rings is 1. The van der Waals surface area contributed by atoms with Crippen molar-refractivity contribution in [1.29, 1.82) is 0 Å². The van der Waals surface area contributed by atoms with Gasteiger partial charge in [0.25, 0.3) is 0 Å². The minimum Gasteiger partial charge on any atom is -0.309 e. The second kappa shape index (κ2) is 13.8. The van der Waals surface area contributed by atoms with Gasteiger partial charge in [0.1, 0.15) is 0 Å². The Morgan fingerprint density at radius 2 is 1.16 bits per heavy atom. The van der Waals surface area contributed by atoms with E-state index >= 15 is 0 Å². The number of hydrogen-bond acceptors (Lipinski definition) is 4. The Bertz CT molecular complexity index is 3060. The Kier molecular flexibility index (Phi) is 8.09. The van der Waals surface area contributed by atoms with Gasteiger partial charge in [-0.15, -0.1) is 23.1 Å². The molecule has 0 N–H and O–H groups in total. The van der Waals surface area contributed by atoms with Gasteiger partial charge in [-0.1, -0.05) is 127 Å². The molecule has 0 bridgehead atoms. The van der Waals surface area contributed by atoms with Crippen LogP contribution in [0.2, 0.25) is 0 Å². The first-order valence-electron chi connectivity index (χ1n) is 20.5. The SMILES string of the molecule is C1=CC2Sc3c(cccc3N(c3ccccc3)c3cc4c5c(c(N(c6ccccc6)c6cccc7c8c(sc67)C=CCC8)cc4c4ccccc34)C=CCC5)C2C=C1. The monoisotopic (exact) mass is 780 g/mol. The number of hydrogen-bond donors (Lipinski definition) is 0. The first kappa shape index (κ1) is 34.0. The number of nitrogens with zero attached hydrogens (tertiary/aromatic N) is 2. The van der Waals surface area contributed by atoms with E-state index in [1.165, 1.54) is 97.8 Å². The van der Waals surface area contributed by atoms with Crippen LogP contribution in [0.3, 0.4) is 0 Å². The molecule has 12 rings (SSSR count). The Morgan fingerprint density at radius 1 is 0.500 bits per heavy atom. The molecule has 58 heavy (non-hydrogen) atoms. The number of allylic oxidation sites excluding steroid dienone is 5. The van der Waals surface area contributed by atoms with Crippen molar-refractivity contribution < 1.29 is 0 Å². The van der Waals surface area contributed by atoms with E-state index in [0.717, 1.165) is 25.7 Å². The number of anilines is 6. The predicted molar refractivity (Wildman–Crippen MR) is 252 cm³/mol. The molecular formula is C54H40N2S2. The second-order valence-electron chi connectivity index (χ2n) is 15.7. The van der Waals surface area contributed by atoms with Crippen LogP contribution in [-0.4, -0.2) is 5.25 Å². The number of thioether (sulfide) groups is 1. The highest BCUT2D eigenvalue weighted by Crippen LogP contribution is 2.56. The molecule has 0 saturated heterocycles. The summed E-state index contributed by atoms with van der Waals surface area (Å²) in [7, 11) is 0. The molecule has 0 amide bonds. The van der Waals surface area contributed by atoms with Crippen LogP contribution in [0.15, 0.2) is 175 Å². The van der Waals surface area contributed by atoms with E-state index in [1.807, 2.05) is 23.1 Å². The van der Waals surface area contributed by atoms with Crippen LogP contribution in [0.5, 0.6) is 0 Å². The third kappa shape index (κ3) is 5.32. The summed E-state index contributed by atoms with van der Waals surface area (Å²) < 4.78 is 1.36. The lowest BCUT2D eigenvalue weighted by atomic mass is 9.87. The van der Waals surface area contributed by atoms with Crippen molar-refractivity contribution in [2.75, 3.05) is 9.80 Å². The lowest BCUT2D eigenvalue weighted by Gasteiger charge is -2.32. The van der Waals surface area contributed by atoms with Gasteiger partial charge in [-0.3, -0.25) is 0 Å². The van der Waals surface area contributed by atoms with E-state index in [9.17, 15) is 0 Å². The standard InChI is InChI=1S/C54H40N2S2/c1-3-17-35(18-4-1)55(47-29-15-27-43-41-25-11-13-31-51(41)57-53(43)47)49-33-45-38-22-8-10-24-40(38)50(34-46(45)37-21-7-9-23-39(37)49)56(36-19-5-2-6-20-36)48-30-16-28-44-42-26-12-14-32-52(42)58-54(44)48/h1-7,9-11,13-21,23-25,27-34,41,51H,8,12,22,26H2. The van der Waals surface area contributed by atoms with Gasteiger partial charge in [-0.05, 0) is 119 Å². The number of para-hydroxylation sites is 2. The summed E-state index contributed by atoms with van der Waals surface area (Å²) in [5.41, 5.74) is 12.9. The Morgan fingerprint density at radius 3 is 1.98 bits per heavy atom. The molecular weight excluding hydrogens is 741 g/mol. The first-order valence-corrected chi connectivity index (χ1v) is 22.2. The summed E-state index contributed by atoms with van der Waals surface area (Å²) in [5.74, 6) is 0.391. The fourth-order valence-electron chi connectivity index (χ4n) is 9.91. The van der Waals surface area contributed by atoms with E-state index in [-0.39, 0.29) is 0 Å². The molecule has 0 radical (unpaired) electrons. The van der Waals surface area contributed by atoms with Crippen LogP contribution in [-0.2, 0) is 12.8 Å². The molecule has 4 aliphatic rings. The molecule has 3 aliphatic carbocycles. The van der Waals surface area contributed by atoms with E-state index in [2.05, 4.69) is 192 Å². The molecule has 2 unspecified atom stereocenters. The van der Waals surface area contributed by atoms with Crippen LogP contribution >= 0.6 is 23.1 Å². The highest BCUT2D eigenvalue weighted by molar-refractivity contribution is 8.00. The lowest BCUT2D eigenvalue weighted by Crippen LogP contribution is -2.14. The van der Waals surface area contributed by atoms with E-state index in [4.69, 9.17) is 0 Å². The third-order valence-corrected chi connectivity index (χ3v) is 15.1. The first-order chi connectivity index (χ1) is 28.8. The zero-order valence-electron chi connectivity index (χ0n) is 32.0. The van der Waals surface area contributed by atoms with Gasteiger partial charge < -0.3 is 9.80 Å². The molecule has 7 aromatic carbocycles. The minimum atomic E-state index is 0.391. The molecule has 278 valence electrons. The molecule has 0 saturated carbocycles. The van der Waals surface area contributed by atoms with E-state index in [0.29, 0.717) is 11.2 Å². The lowest BCUT2D eigenvalue weighted by molar-refractivity contribution is 0.880. The molecule has 8 aromatic rings. The summed E-state index contributed by atoms with van der Waals surface area (Å²) in [6.07, 6.45) is 22.8. The van der Waals surface area contributed by atoms with Gasteiger partial charge in [0, 0.05) is 43.3 Å². The highest BCUT2D eigenvalue weighted by Gasteiger charge is 2.35. The Hall–Kier alpha value is -6.07. The van der Waals surface area contributed by atoms with Crippen molar-refractivity contribution in [2.24, 2.45) is 0 Å². The van der Waals surface area contributed by atoms with Crippen molar-refractivity contribution >= 4 is 101 Å². The fraction of sp³-hybridized carbons (Fsp3) is 0.111. The van der Waals surface area contributed by atoms with Gasteiger partial charge in [-0.2, -0.15) is 0 Å². The number of benzene rings is 7. The van der Waals surface area contributed by atoms with Crippen molar-refractivity contribution in [1.82, 2.24) is 0 Å². The molecule has 1 aromatic heterocycles. The van der Waals surface area contributed by atoms with Gasteiger partial charge in [0.05, 0.1) is 27.4 Å². The van der Waals surface area contributed by atoms with Crippen molar-refractivity contribution in [3.63, 3.8) is 0 Å². The molecule has 2 nitrogen and oxygen atoms in total. The maximum Gasteiger partial charge on any atom is 0.0640 e. The van der Waals surface area contributed by atoms with Crippen molar-refractivity contribution in [3.05, 3.63) is 197 Å². The van der Waals surface area contributed by atoms with Crippen LogP contribution in [0.25, 0.3) is 43.8 Å². The molecule has 0 spiro atoms. The maximum atomic E-state index is 2.55. The third-order valence-electron chi connectivity index (χ3n) is 12.5. The van der Waals surface area contributed by atoms with E-state index < -0.39 is 0 Å². The smallest absolute Gasteiger partial charge is 0.0640 e. The van der Waals surface area contributed by atoms with Gasteiger partial charge in [0.2, 0.25) is 0 Å². The zero-order valence-corrected chi connectivity index (χ0v) is 33.6.